The van der Waals surface area contributed by atoms with Crippen LogP contribution in [-0.2, 0) is 0 Å². The molecule has 0 heterocycles. The van der Waals surface area contributed by atoms with E-state index in [0.29, 0.717) is 18.7 Å². The van der Waals surface area contributed by atoms with E-state index in [4.69, 9.17) is 11.5 Å². The van der Waals surface area contributed by atoms with Gasteiger partial charge in [0.1, 0.15) is 0 Å². The number of halogens is 1. The van der Waals surface area contributed by atoms with Crippen LogP contribution in [0.25, 0.3) is 0 Å². The Bertz CT molecular complexity index is 368. The van der Waals surface area contributed by atoms with Gasteiger partial charge in [-0.1, -0.05) is 15.9 Å². The average molecular weight is 272 g/mol. The summed E-state index contributed by atoms with van der Waals surface area (Å²) in [5.74, 6) is -0.435. The van der Waals surface area contributed by atoms with E-state index in [1.807, 2.05) is 24.1 Å². The number of likely N-dealkylation sites (N-methyl/N-ethyl adjacent to an activating group) is 1. The van der Waals surface area contributed by atoms with Gasteiger partial charge in [-0.2, -0.15) is 0 Å². The zero-order valence-electron chi connectivity index (χ0n) is 8.53. The summed E-state index contributed by atoms with van der Waals surface area (Å²) in [7, 11) is 1.88. The third-order valence-corrected chi connectivity index (χ3v) is 2.59. The van der Waals surface area contributed by atoms with Crippen LogP contribution in [0.2, 0.25) is 0 Å². The van der Waals surface area contributed by atoms with E-state index in [0.717, 1.165) is 10.2 Å². The van der Waals surface area contributed by atoms with Crippen molar-refractivity contribution in [2.45, 2.75) is 0 Å². The molecule has 0 fully saturated rings. The first-order chi connectivity index (χ1) is 7.06. The van der Waals surface area contributed by atoms with Gasteiger partial charge >= 0.3 is 0 Å². The summed E-state index contributed by atoms with van der Waals surface area (Å²) in [5.41, 5.74) is 12.1. The van der Waals surface area contributed by atoms with Gasteiger partial charge in [0, 0.05) is 30.3 Å². The van der Waals surface area contributed by atoms with E-state index >= 15 is 0 Å². The minimum absolute atomic E-state index is 0.435. The Morgan fingerprint density at radius 2 is 2.20 bits per heavy atom. The van der Waals surface area contributed by atoms with Crippen molar-refractivity contribution in [2.24, 2.45) is 11.5 Å². The highest BCUT2D eigenvalue weighted by Crippen LogP contribution is 2.23. The number of amides is 1. The van der Waals surface area contributed by atoms with Crippen molar-refractivity contribution in [3.63, 3.8) is 0 Å². The van der Waals surface area contributed by atoms with Gasteiger partial charge in [0.05, 0.1) is 5.56 Å². The van der Waals surface area contributed by atoms with Crippen molar-refractivity contribution in [2.75, 3.05) is 25.0 Å². The van der Waals surface area contributed by atoms with Crippen molar-refractivity contribution in [3.8, 4) is 0 Å². The summed E-state index contributed by atoms with van der Waals surface area (Å²) in [6.07, 6.45) is 0. The number of rotatable bonds is 4. The Labute approximate surface area is 97.4 Å². The molecule has 0 aliphatic rings. The van der Waals surface area contributed by atoms with Crippen LogP contribution in [0, 0.1) is 0 Å². The Balaban J connectivity index is 3.10. The van der Waals surface area contributed by atoms with Gasteiger partial charge < -0.3 is 16.4 Å². The van der Waals surface area contributed by atoms with Crippen molar-refractivity contribution >= 4 is 27.5 Å². The Hall–Kier alpha value is -1.07. The molecule has 0 aliphatic heterocycles. The summed E-state index contributed by atoms with van der Waals surface area (Å²) in [6.45, 7) is 1.21. The Morgan fingerprint density at radius 3 is 2.73 bits per heavy atom. The molecule has 0 saturated heterocycles. The monoisotopic (exact) mass is 271 g/mol. The Morgan fingerprint density at radius 1 is 1.53 bits per heavy atom. The maximum Gasteiger partial charge on any atom is 0.250 e. The molecule has 0 aliphatic carbocycles. The predicted molar refractivity (Wildman–Crippen MR) is 65.0 cm³/mol. The number of benzene rings is 1. The fourth-order valence-corrected chi connectivity index (χ4v) is 1.71. The minimum Gasteiger partial charge on any atom is -0.373 e. The molecule has 0 bridgehead atoms. The van der Waals surface area contributed by atoms with Crippen LogP contribution in [0.1, 0.15) is 10.4 Å². The van der Waals surface area contributed by atoms with Crippen LogP contribution in [0.5, 0.6) is 0 Å². The molecule has 0 atom stereocenters. The number of carbonyl (C=O) groups is 1. The van der Waals surface area contributed by atoms with Gasteiger partial charge in [-0.15, -0.1) is 0 Å². The highest BCUT2D eigenvalue weighted by molar-refractivity contribution is 9.10. The molecule has 4 nitrogen and oxygen atoms in total. The van der Waals surface area contributed by atoms with Crippen LogP contribution >= 0.6 is 15.9 Å². The van der Waals surface area contributed by atoms with Crippen LogP contribution in [0.15, 0.2) is 22.7 Å². The number of anilines is 1. The van der Waals surface area contributed by atoms with E-state index in [1.54, 1.807) is 6.07 Å². The van der Waals surface area contributed by atoms with Crippen molar-refractivity contribution in [1.29, 1.82) is 0 Å². The second kappa shape index (κ2) is 5.14. The van der Waals surface area contributed by atoms with Gasteiger partial charge in [0.25, 0.3) is 5.91 Å². The van der Waals surface area contributed by atoms with Gasteiger partial charge in [-0.3, -0.25) is 4.79 Å². The van der Waals surface area contributed by atoms with E-state index in [1.165, 1.54) is 0 Å². The number of primary amides is 1. The minimum atomic E-state index is -0.435. The maximum atomic E-state index is 11.2. The van der Waals surface area contributed by atoms with Crippen LogP contribution in [0.3, 0.4) is 0 Å². The summed E-state index contributed by atoms with van der Waals surface area (Å²) >= 11 is 3.30. The molecule has 1 rings (SSSR count). The molecule has 1 aromatic carbocycles. The van der Waals surface area contributed by atoms with Gasteiger partial charge in [-0.05, 0) is 18.2 Å². The SMILES string of the molecule is CN(CCN)c1ccc(Br)cc1C(N)=O. The number of hydrogen-bond donors (Lipinski definition) is 2. The lowest BCUT2D eigenvalue weighted by atomic mass is 10.1. The topological polar surface area (TPSA) is 72.3 Å². The first-order valence-corrected chi connectivity index (χ1v) is 5.36. The van der Waals surface area contributed by atoms with Crippen molar-refractivity contribution in [3.05, 3.63) is 28.2 Å². The third-order valence-electron chi connectivity index (χ3n) is 2.10. The smallest absolute Gasteiger partial charge is 0.250 e. The first kappa shape index (κ1) is 12.0. The lowest BCUT2D eigenvalue weighted by Gasteiger charge is -2.20. The molecule has 5 heteroatoms. The fraction of sp³-hybridized carbons (Fsp3) is 0.300. The number of hydrogen-bond acceptors (Lipinski definition) is 3. The highest BCUT2D eigenvalue weighted by Gasteiger charge is 2.11. The first-order valence-electron chi connectivity index (χ1n) is 4.57. The molecule has 4 N–H and O–H groups in total. The van der Waals surface area contributed by atoms with Crippen LogP contribution in [0.4, 0.5) is 5.69 Å². The fourth-order valence-electron chi connectivity index (χ4n) is 1.35. The zero-order chi connectivity index (χ0) is 11.4. The van der Waals surface area contributed by atoms with Crippen LogP contribution < -0.4 is 16.4 Å². The summed E-state index contributed by atoms with van der Waals surface area (Å²) in [5, 5.41) is 0. The summed E-state index contributed by atoms with van der Waals surface area (Å²) in [6, 6.07) is 5.43. The average Bonchev–Trinajstić information content (AvgIpc) is 2.17. The number of nitrogens with zero attached hydrogens (tertiary/aromatic N) is 1. The number of nitrogens with two attached hydrogens (primary N) is 2. The quantitative estimate of drug-likeness (QED) is 0.856. The predicted octanol–water partition coefficient (Wildman–Crippen LogP) is 0.943. The van der Waals surface area contributed by atoms with Crippen molar-refractivity contribution < 1.29 is 4.79 Å². The largest absolute Gasteiger partial charge is 0.373 e. The van der Waals surface area contributed by atoms with Gasteiger partial charge in [0.2, 0.25) is 0 Å². The molecule has 0 aromatic heterocycles. The molecular formula is C10H14BrN3O. The Kier molecular flexibility index (Phi) is 4.11. The van der Waals surface area contributed by atoms with E-state index in [-0.39, 0.29) is 0 Å². The molecule has 82 valence electrons. The standard InChI is InChI=1S/C10H14BrN3O/c1-14(5-4-12)9-3-2-7(11)6-8(9)10(13)15/h2-3,6H,4-5,12H2,1H3,(H2,13,15). The van der Waals surface area contributed by atoms with E-state index in [9.17, 15) is 4.79 Å². The second-order valence-corrected chi connectivity index (χ2v) is 4.15. The third kappa shape index (κ3) is 2.94. The van der Waals surface area contributed by atoms with Crippen molar-refractivity contribution in [1.82, 2.24) is 0 Å². The molecule has 15 heavy (non-hydrogen) atoms. The van der Waals surface area contributed by atoms with Crippen LogP contribution in [-0.4, -0.2) is 26.0 Å². The summed E-state index contributed by atoms with van der Waals surface area (Å²) in [4.78, 5) is 13.1. The summed E-state index contributed by atoms with van der Waals surface area (Å²) < 4.78 is 0.834. The molecule has 0 unspecified atom stereocenters. The highest BCUT2D eigenvalue weighted by atomic mass is 79.9. The van der Waals surface area contributed by atoms with Gasteiger partial charge in [-0.25, -0.2) is 0 Å². The maximum absolute atomic E-state index is 11.2. The lowest BCUT2D eigenvalue weighted by molar-refractivity contribution is 0.100. The van der Waals surface area contributed by atoms with Gasteiger partial charge in [0.15, 0.2) is 0 Å². The number of carbonyl (C=O) groups excluding carboxylic acids is 1. The lowest BCUT2D eigenvalue weighted by Crippen LogP contribution is -2.27. The molecule has 1 aromatic rings. The molecule has 1 amide bonds. The molecule has 0 spiro atoms. The molecular weight excluding hydrogens is 258 g/mol. The second-order valence-electron chi connectivity index (χ2n) is 3.24. The molecule has 0 saturated carbocycles. The van der Waals surface area contributed by atoms with E-state index < -0.39 is 5.91 Å². The molecule has 0 radical (unpaired) electrons. The zero-order valence-corrected chi connectivity index (χ0v) is 10.1. The normalized spacial score (nSPS) is 10.1. The van der Waals surface area contributed by atoms with E-state index in [2.05, 4.69) is 15.9 Å².